The third-order valence-electron chi connectivity index (χ3n) is 3.39. The number of aliphatic hydroxyl groups is 1. The lowest BCUT2D eigenvalue weighted by Crippen LogP contribution is -2.29. The molecule has 0 aliphatic heterocycles. The number of aliphatic hydroxyl groups excluding tert-OH is 1. The number of nitrogens with one attached hydrogen (secondary N) is 1. The van der Waals surface area contributed by atoms with E-state index in [1.54, 1.807) is 0 Å². The number of hydrogen-bond acceptors (Lipinski definition) is 3. The minimum absolute atomic E-state index is 0.199. The molecule has 0 saturated heterocycles. The van der Waals surface area contributed by atoms with Gasteiger partial charge in [-0.3, -0.25) is 0 Å². The summed E-state index contributed by atoms with van der Waals surface area (Å²) < 4.78 is 0. The van der Waals surface area contributed by atoms with E-state index in [1.165, 1.54) is 0 Å². The average Bonchev–Trinajstić information content (AvgIpc) is 2.86. The number of nitrogens with zero attached hydrogens (tertiary/aromatic N) is 1. The number of hydrogen-bond donors (Lipinski definition) is 2. The van der Waals surface area contributed by atoms with E-state index in [-0.39, 0.29) is 18.6 Å². The molecule has 3 nitrogen and oxygen atoms in total. The van der Waals surface area contributed by atoms with Gasteiger partial charge in [-0.1, -0.05) is 24.3 Å². The Bertz CT molecular complexity index is 476. The van der Waals surface area contributed by atoms with Gasteiger partial charge in [0.15, 0.2) is 0 Å². The lowest BCUT2D eigenvalue weighted by molar-refractivity contribution is 0.245. The Morgan fingerprint density at radius 2 is 2.33 bits per heavy atom. The van der Waals surface area contributed by atoms with Crippen LogP contribution < -0.4 is 5.32 Å². The monoisotopic (exact) mass is 242 g/mol. The maximum Gasteiger partial charge on any atom is 0.0991 e. The van der Waals surface area contributed by atoms with Gasteiger partial charge < -0.3 is 10.4 Å². The molecular formula is C15H18N2O. The molecule has 18 heavy (non-hydrogen) atoms. The fourth-order valence-corrected chi connectivity index (χ4v) is 2.33. The summed E-state index contributed by atoms with van der Waals surface area (Å²) in [6, 6.07) is 10.3. The molecule has 1 aromatic carbocycles. The van der Waals surface area contributed by atoms with Crippen LogP contribution in [-0.4, -0.2) is 17.8 Å². The Morgan fingerprint density at radius 3 is 3.00 bits per heavy atom. The summed E-state index contributed by atoms with van der Waals surface area (Å²) in [5, 5.41) is 21.5. The van der Waals surface area contributed by atoms with E-state index in [9.17, 15) is 0 Å². The third kappa shape index (κ3) is 2.98. The molecule has 1 aliphatic carbocycles. The van der Waals surface area contributed by atoms with Crippen LogP contribution in [0.4, 0.5) is 0 Å². The van der Waals surface area contributed by atoms with Crippen LogP contribution >= 0.6 is 0 Å². The minimum atomic E-state index is 0.199. The fourth-order valence-electron chi connectivity index (χ4n) is 2.33. The average molecular weight is 242 g/mol. The second kappa shape index (κ2) is 5.81. The molecule has 1 aliphatic rings. The van der Waals surface area contributed by atoms with Crippen LogP contribution in [-0.2, 0) is 0 Å². The molecule has 2 rings (SSSR count). The van der Waals surface area contributed by atoms with Crippen LogP contribution in [0.15, 0.2) is 36.4 Å². The van der Waals surface area contributed by atoms with Crippen LogP contribution in [0.3, 0.4) is 0 Å². The molecule has 0 spiro atoms. The Kier molecular flexibility index (Phi) is 4.14. The van der Waals surface area contributed by atoms with Gasteiger partial charge in [-0.25, -0.2) is 0 Å². The number of benzene rings is 1. The molecule has 3 heteroatoms. The van der Waals surface area contributed by atoms with Gasteiger partial charge in [0, 0.05) is 24.6 Å². The van der Waals surface area contributed by atoms with Gasteiger partial charge in [0.05, 0.1) is 11.6 Å². The summed E-state index contributed by atoms with van der Waals surface area (Å²) in [5.74, 6) is 0.278. The number of rotatable bonds is 4. The summed E-state index contributed by atoms with van der Waals surface area (Å²) >= 11 is 0. The lowest BCUT2D eigenvalue weighted by atomic mass is 10.0. The van der Waals surface area contributed by atoms with Crippen molar-refractivity contribution in [2.24, 2.45) is 5.92 Å². The summed E-state index contributed by atoms with van der Waals surface area (Å²) in [5.41, 5.74) is 1.81. The highest BCUT2D eigenvalue weighted by atomic mass is 16.3. The summed E-state index contributed by atoms with van der Waals surface area (Å²) in [6.07, 6.45) is 5.13. The van der Waals surface area contributed by atoms with Gasteiger partial charge in [-0.05, 0) is 31.0 Å². The Labute approximate surface area is 108 Å². The predicted octanol–water partition coefficient (Wildman–Crippen LogP) is 2.15. The standard InChI is InChI=1S/C15H18N2O/c1-11(14-4-2-3-12(7-14)9-16)17-15-6-5-13(8-15)10-18/h2-7,11,13,15,17-18H,8,10H2,1H3/t11-,13+,15-/m1/s1. The van der Waals surface area contributed by atoms with E-state index in [4.69, 9.17) is 10.4 Å². The second-order valence-electron chi connectivity index (χ2n) is 4.80. The smallest absolute Gasteiger partial charge is 0.0991 e. The van der Waals surface area contributed by atoms with Crippen molar-refractivity contribution in [3.63, 3.8) is 0 Å². The predicted molar refractivity (Wildman–Crippen MR) is 70.8 cm³/mol. The maximum absolute atomic E-state index is 9.09. The SMILES string of the molecule is C[C@@H](N[C@@H]1C=C[C@H](CO)C1)c1cccc(C#N)c1. The highest BCUT2D eigenvalue weighted by Crippen LogP contribution is 2.21. The lowest BCUT2D eigenvalue weighted by Gasteiger charge is -2.19. The topological polar surface area (TPSA) is 56.0 Å². The zero-order valence-electron chi connectivity index (χ0n) is 10.5. The van der Waals surface area contributed by atoms with Gasteiger partial charge in [0.25, 0.3) is 0 Å². The fraction of sp³-hybridized carbons (Fsp3) is 0.400. The molecule has 0 bridgehead atoms. The molecule has 94 valence electrons. The van der Waals surface area contributed by atoms with Crippen molar-refractivity contribution >= 4 is 0 Å². The van der Waals surface area contributed by atoms with Crippen LogP contribution in [0.25, 0.3) is 0 Å². The van der Waals surface area contributed by atoms with E-state index >= 15 is 0 Å². The molecule has 3 atom stereocenters. The van der Waals surface area contributed by atoms with Gasteiger partial charge in [-0.2, -0.15) is 5.26 Å². The summed E-state index contributed by atoms with van der Waals surface area (Å²) in [6.45, 7) is 2.31. The van der Waals surface area contributed by atoms with Crippen molar-refractivity contribution in [1.29, 1.82) is 5.26 Å². The highest BCUT2D eigenvalue weighted by Gasteiger charge is 2.19. The molecule has 0 fully saturated rings. The van der Waals surface area contributed by atoms with Gasteiger partial charge in [0.1, 0.15) is 0 Å². The second-order valence-corrected chi connectivity index (χ2v) is 4.80. The normalized spacial score (nSPS) is 23.8. The van der Waals surface area contributed by atoms with Crippen LogP contribution in [0, 0.1) is 17.2 Å². The molecule has 1 aromatic rings. The minimum Gasteiger partial charge on any atom is -0.396 e. The molecular weight excluding hydrogens is 224 g/mol. The summed E-state index contributed by atoms with van der Waals surface area (Å²) in [7, 11) is 0. The van der Waals surface area contributed by atoms with E-state index < -0.39 is 0 Å². The Balaban J connectivity index is 1.98. The molecule has 0 radical (unpaired) electrons. The van der Waals surface area contributed by atoms with Crippen molar-refractivity contribution in [3.05, 3.63) is 47.5 Å². The highest BCUT2D eigenvalue weighted by molar-refractivity contribution is 5.34. The molecule has 2 N–H and O–H groups in total. The summed E-state index contributed by atoms with van der Waals surface area (Å²) in [4.78, 5) is 0. The van der Waals surface area contributed by atoms with E-state index in [2.05, 4.69) is 30.5 Å². The van der Waals surface area contributed by atoms with Crippen LogP contribution in [0.5, 0.6) is 0 Å². The van der Waals surface area contributed by atoms with Crippen LogP contribution in [0.1, 0.15) is 30.5 Å². The first kappa shape index (κ1) is 12.8. The first-order valence-electron chi connectivity index (χ1n) is 6.28. The van der Waals surface area contributed by atoms with Gasteiger partial charge in [0.2, 0.25) is 0 Å². The van der Waals surface area contributed by atoms with Crippen molar-refractivity contribution < 1.29 is 5.11 Å². The van der Waals surface area contributed by atoms with E-state index in [1.807, 2.05) is 24.3 Å². The molecule has 0 aromatic heterocycles. The van der Waals surface area contributed by atoms with Gasteiger partial charge in [-0.15, -0.1) is 0 Å². The Hall–Kier alpha value is -1.63. The first-order valence-corrected chi connectivity index (χ1v) is 6.28. The quantitative estimate of drug-likeness (QED) is 0.795. The third-order valence-corrected chi connectivity index (χ3v) is 3.39. The zero-order valence-corrected chi connectivity index (χ0v) is 10.5. The van der Waals surface area contributed by atoms with E-state index in [0.717, 1.165) is 12.0 Å². The largest absolute Gasteiger partial charge is 0.396 e. The van der Waals surface area contributed by atoms with Crippen molar-refractivity contribution in [2.45, 2.75) is 25.4 Å². The molecule has 0 amide bonds. The Morgan fingerprint density at radius 1 is 1.50 bits per heavy atom. The maximum atomic E-state index is 9.09. The first-order chi connectivity index (χ1) is 8.72. The van der Waals surface area contributed by atoms with Crippen molar-refractivity contribution in [2.75, 3.05) is 6.61 Å². The van der Waals surface area contributed by atoms with Crippen molar-refractivity contribution in [1.82, 2.24) is 5.32 Å². The zero-order chi connectivity index (χ0) is 13.0. The van der Waals surface area contributed by atoms with Crippen molar-refractivity contribution in [3.8, 4) is 6.07 Å². The molecule has 0 heterocycles. The van der Waals surface area contributed by atoms with Crippen LogP contribution in [0.2, 0.25) is 0 Å². The molecule has 0 unspecified atom stereocenters. The number of nitriles is 1. The van der Waals surface area contributed by atoms with Gasteiger partial charge >= 0.3 is 0 Å². The molecule has 0 saturated carbocycles. The van der Waals surface area contributed by atoms with E-state index in [0.29, 0.717) is 11.6 Å².